The molecule has 0 spiro atoms. The number of nitrogens with one attached hydrogen (secondary N) is 2. The summed E-state index contributed by atoms with van der Waals surface area (Å²) in [5.74, 6) is -2.28. The molecule has 0 bridgehead atoms. The first-order valence-corrected chi connectivity index (χ1v) is 5.07. The molecule has 0 aliphatic carbocycles. The maximum absolute atomic E-state index is 11.4. The van der Waals surface area contributed by atoms with Crippen molar-refractivity contribution in [3.63, 3.8) is 0 Å². The number of rotatable bonds is 3. The lowest BCUT2D eigenvalue weighted by atomic mass is 10.1. The average molecular weight is 225 g/mol. The highest BCUT2D eigenvalue weighted by molar-refractivity contribution is 5.96. The third-order valence-electron chi connectivity index (χ3n) is 2.22. The van der Waals surface area contributed by atoms with Gasteiger partial charge < -0.3 is 20.5 Å². The van der Waals surface area contributed by atoms with E-state index in [1.165, 1.54) is 0 Å². The Bertz CT molecular complexity index is 325. The average Bonchev–Trinajstić information content (AvgIpc) is 2.42. The Balaban J connectivity index is 2.48. The highest BCUT2D eigenvalue weighted by Gasteiger charge is 2.21. The smallest absolute Gasteiger partial charge is 0.244 e. The summed E-state index contributed by atoms with van der Waals surface area (Å²) in [7, 11) is 0. The van der Waals surface area contributed by atoms with Crippen LogP contribution in [0.3, 0.4) is 0 Å². The van der Waals surface area contributed by atoms with Gasteiger partial charge in [0.15, 0.2) is 0 Å². The molecule has 88 valence electrons. The third-order valence-corrected chi connectivity index (χ3v) is 2.22. The van der Waals surface area contributed by atoms with Crippen molar-refractivity contribution in [2.75, 3.05) is 6.54 Å². The van der Waals surface area contributed by atoms with E-state index in [1.807, 2.05) is 0 Å². The van der Waals surface area contributed by atoms with E-state index in [1.54, 1.807) is 0 Å². The van der Waals surface area contributed by atoms with Gasteiger partial charge >= 0.3 is 0 Å². The van der Waals surface area contributed by atoms with Gasteiger partial charge in [-0.15, -0.1) is 0 Å². The summed E-state index contributed by atoms with van der Waals surface area (Å²) in [5.41, 5.74) is 0. The van der Waals surface area contributed by atoms with E-state index in [9.17, 15) is 19.5 Å². The lowest BCUT2D eigenvalue weighted by Crippen LogP contribution is -2.45. The van der Waals surface area contributed by atoms with Gasteiger partial charge in [0.05, 0.1) is 5.97 Å². The van der Waals surface area contributed by atoms with Gasteiger partial charge in [-0.2, -0.15) is 0 Å². The zero-order valence-electron chi connectivity index (χ0n) is 8.69. The van der Waals surface area contributed by atoms with Gasteiger partial charge in [0.2, 0.25) is 11.8 Å². The molecule has 1 fully saturated rings. The minimum absolute atomic E-state index is 0.229. The molecule has 16 heavy (non-hydrogen) atoms. The van der Waals surface area contributed by atoms with Crippen LogP contribution < -0.4 is 15.7 Å². The van der Waals surface area contributed by atoms with Crippen molar-refractivity contribution in [2.24, 2.45) is 0 Å². The molecule has 1 aliphatic heterocycles. The van der Waals surface area contributed by atoms with Crippen molar-refractivity contribution in [3.8, 4) is 0 Å². The summed E-state index contributed by atoms with van der Waals surface area (Å²) in [6.45, 7) is 0.611. The second-order valence-electron chi connectivity index (χ2n) is 3.50. The molecule has 0 aromatic heterocycles. The molecule has 2 N–H and O–H groups in total. The van der Waals surface area contributed by atoms with Gasteiger partial charge in [-0.25, -0.2) is 0 Å². The number of hydrogen-bond donors (Lipinski definition) is 2. The Labute approximate surface area is 92.7 Å². The summed E-state index contributed by atoms with van der Waals surface area (Å²) < 4.78 is 0. The predicted molar refractivity (Wildman–Crippen MR) is 52.9 cm³/mol. The van der Waals surface area contributed by atoms with E-state index >= 15 is 0 Å². The topological polar surface area (TPSA) is 98.3 Å². The predicted octanol–water partition coefficient (Wildman–Crippen LogP) is -1.92. The fourth-order valence-electron chi connectivity index (χ4n) is 1.44. The van der Waals surface area contributed by atoms with Crippen molar-refractivity contribution >= 4 is 17.8 Å². The number of carbonyl (C=O) groups excluding carboxylic acids is 3. The van der Waals surface area contributed by atoms with Gasteiger partial charge in [0.1, 0.15) is 6.04 Å². The van der Waals surface area contributed by atoms with E-state index in [2.05, 4.69) is 10.6 Å². The normalized spacial score (nSPS) is 21.2. The van der Waals surface area contributed by atoms with E-state index in [4.69, 9.17) is 0 Å². The van der Waals surface area contributed by atoms with E-state index < -0.39 is 17.9 Å². The molecule has 6 heteroatoms. The van der Waals surface area contributed by atoms with Crippen LogP contribution >= 0.6 is 0 Å². The van der Waals surface area contributed by atoms with Crippen molar-refractivity contribution in [3.05, 3.63) is 12.2 Å². The number of carboxylic acid groups (broad SMARTS) is 1. The second-order valence-corrected chi connectivity index (χ2v) is 3.50. The van der Waals surface area contributed by atoms with Crippen molar-refractivity contribution in [2.45, 2.75) is 25.3 Å². The molecule has 0 saturated carbocycles. The summed E-state index contributed by atoms with van der Waals surface area (Å²) in [6.07, 6.45) is 3.76. The van der Waals surface area contributed by atoms with E-state index in [-0.39, 0.29) is 5.91 Å². The first-order chi connectivity index (χ1) is 7.59. The maximum atomic E-state index is 11.4. The Morgan fingerprint density at radius 3 is 2.81 bits per heavy atom. The Morgan fingerprint density at radius 1 is 1.38 bits per heavy atom. The highest BCUT2D eigenvalue weighted by Crippen LogP contribution is 2.05. The van der Waals surface area contributed by atoms with Crippen LogP contribution in [0.25, 0.3) is 0 Å². The van der Waals surface area contributed by atoms with Crippen LogP contribution in [0, 0.1) is 0 Å². The number of amides is 2. The van der Waals surface area contributed by atoms with Crippen LogP contribution in [0.5, 0.6) is 0 Å². The number of carbonyl (C=O) groups is 3. The van der Waals surface area contributed by atoms with Crippen LogP contribution in [0.2, 0.25) is 0 Å². The first kappa shape index (κ1) is 12.2. The summed E-state index contributed by atoms with van der Waals surface area (Å²) in [4.78, 5) is 32.7. The van der Waals surface area contributed by atoms with Crippen molar-refractivity contribution in [1.82, 2.24) is 10.6 Å². The minimum Gasteiger partial charge on any atom is -0.545 e. The molecule has 0 radical (unpaired) electrons. The summed E-state index contributed by atoms with van der Waals surface area (Å²) in [6, 6.07) is -0.582. The largest absolute Gasteiger partial charge is 0.545 e. The molecule has 1 atom stereocenters. The molecule has 2 amide bonds. The lowest BCUT2D eigenvalue weighted by molar-refractivity contribution is -0.297. The molecular weight excluding hydrogens is 212 g/mol. The Morgan fingerprint density at radius 2 is 2.12 bits per heavy atom. The van der Waals surface area contributed by atoms with Gasteiger partial charge in [-0.05, 0) is 25.3 Å². The molecule has 6 nitrogen and oxygen atoms in total. The molecule has 1 heterocycles. The van der Waals surface area contributed by atoms with Crippen LogP contribution in [0.15, 0.2) is 12.2 Å². The standard InChI is InChI=1S/C10H14N2O4/c13-8(4-5-9(14)15)12-7-3-1-2-6-11-10(7)16/h4-5,7H,1-3,6H2,(H,11,16)(H,12,13)(H,14,15)/p-1/b5-4+/t7-/m0/s1. The van der Waals surface area contributed by atoms with Crippen molar-refractivity contribution in [1.29, 1.82) is 0 Å². The molecule has 0 aromatic rings. The Kier molecular flexibility index (Phi) is 4.50. The van der Waals surface area contributed by atoms with Gasteiger partial charge in [0, 0.05) is 12.6 Å². The molecule has 0 aromatic carbocycles. The minimum atomic E-state index is -1.44. The molecule has 0 unspecified atom stereocenters. The zero-order valence-corrected chi connectivity index (χ0v) is 8.69. The third kappa shape index (κ3) is 4.12. The number of hydrogen-bond acceptors (Lipinski definition) is 4. The van der Waals surface area contributed by atoms with Crippen molar-refractivity contribution < 1.29 is 19.5 Å². The summed E-state index contributed by atoms with van der Waals surface area (Å²) in [5, 5.41) is 15.2. The van der Waals surface area contributed by atoms with Crippen LogP contribution in [0.1, 0.15) is 19.3 Å². The molecule has 1 aliphatic rings. The second kappa shape index (κ2) is 5.89. The fraction of sp³-hybridized carbons (Fsp3) is 0.500. The van der Waals surface area contributed by atoms with Crippen LogP contribution in [-0.2, 0) is 14.4 Å². The number of aliphatic carboxylic acids is 1. The quantitative estimate of drug-likeness (QED) is 0.547. The van der Waals surface area contributed by atoms with Crippen LogP contribution in [0.4, 0.5) is 0 Å². The monoisotopic (exact) mass is 225 g/mol. The molecule has 1 saturated heterocycles. The van der Waals surface area contributed by atoms with E-state index in [0.29, 0.717) is 19.0 Å². The number of carboxylic acids is 1. The van der Waals surface area contributed by atoms with Crippen LogP contribution in [-0.4, -0.2) is 30.4 Å². The fourth-order valence-corrected chi connectivity index (χ4v) is 1.44. The molecule has 1 rings (SSSR count). The van der Waals surface area contributed by atoms with Gasteiger partial charge in [0.25, 0.3) is 0 Å². The lowest BCUT2D eigenvalue weighted by Gasteiger charge is -2.13. The van der Waals surface area contributed by atoms with Gasteiger partial charge in [-0.1, -0.05) is 0 Å². The molecular formula is C10H13N2O4-. The summed E-state index contributed by atoms with van der Waals surface area (Å²) >= 11 is 0. The Hall–Kier alpha value is -1.85. The van der Waals surface area contributed by atoms with E-state index in [0.717, 1.165) is 18.9 Å². The zero-order chi connectivity index (χ0) is 12.0. The highest BCUT2D eigenvalue weighted by atomic mass is 16.4. The van der Waals surface area contributed by atoms with Gasteiger partial charge in [-0.3, -0.25) is 9.59 Å². The SMILES string of the molecule is O=C([O-])/C=C/C(=O)N[C@H]1CCCCNC1=O. The maximum Gasteiger partial charge on any atom is 0.244 e. The first-order valence-electron chi connectivity index (χ1n) is 5.07.